The molecule has 2 amide bonds. The first-order valence-electron chi connectivity index (χ1n) is 10.5. The molecule has 1 fully saturated rings. The molecule has 31 heavy (non-hydrogen) atoms. The van der Waals surface area contributed by atoms with Crippen LogP contribution in [0.4, 0.5) is 5.69 Å². The highest BCUT2D eigenvalue weighted by Gasteiger charge is 2.41. The van der Waals surface area contributed by atoms with Crippen LogP contribution in [0, 0.1) is 5.92 Å². The smallest absolute Gasteiger partial charge is 0.227 e. The van der Waals surface area contributed by atoms with E-state index in [0.717, 1.165) is 23.4 Å². The Morgan fingerprint density at radius 2 is 1.61 bits per heavy atom. The Bertz CT molecular complexity index is 867. The van der Waals surface area contributed by atoms with E-state index in [1.165, 1.54) is 0 Å². The van der Waals surface area contributed by atoms with E-state index < -0.39 is 6.04 Å². The number of carbonyl (C=O) groups is 2. The lowest BCUT2D eigenvalue weighted by Gasteiger charge is -2.41. The normalized spacial score (nSPS) is 18.5. The fourth-order valence-electron chi connectivity index (χ4n) is 3.96. The minimum absolute atomic E-state index is 0.00517. The molecule has 0 bridgehead atoms. The second kappa shape index (κ2) is 10.8. The number of nitrogens with zero attached hydrogens (tertiary/aromatic N) is 1. The molecule has 1 aliphatic heterocycles. The summed E-state index contributed by atoms with van der Waals surface area (Å²) in [4.78, 5) is 27.9. The lowest BCUT2D eigenvalue weighted by Crippen LogP contribution is -2.48. The van der Waals surface area contributed by atoms with Crippen LogP contribution in [0.5, 0.6) is 11.5 Å². The van der Waals surface area contributed by atoms with E-state index in [2.05, 4.69) is 5.32 Å². The number of methoxy groups -OCH3 is 3. The van der Waals surface area contributed by atoms with Crippen molar-refractivity contribution in [1.82, 2.24) is 5.32 Å². The number of amides is 2. The van der Waals surface area contributed by atoms with Gasteiger partial charge >= 0.3 is 0 Å². The molecule has 1 saturated heterocycles. The average molecular weight is 427 g/mol. The zero-order valence-corrected chi connectivity index (χ0v) is 18.3. The summed E-state index contributed by atoms with van der Waals surface area (Å²) >= 11 is 0. The first-order valence-corrected chi connectivity index (χ1v) is 10.5. The summed E-state index contributed by atoms with van der Waals surface area (Å²) in [6, 6.07) is 14.5. The van der Waals surface area contributed by atoms with E-state index in [-0.39, 0.29) is 17.7 Å². The molecule has 1 N–H and O–H groups in total. The van der Waals surface area contributed by atoms with E-state index in [9.17, 15) is 9.59 Å². The van der Waals surface area contributed by atoms with Gasteiger partial charge in [-0.25, -0.2) is 0 Å². The number of hydrogen-bond acceptors (Lipinski definition) is 5. The standard InChI is InChI=1S/C24H30N2O5/c1-29-16-4-15-25-24(28)21-13-14-22(27)26(18-7-11-20(31-3)12-8-18)23(21)17-5-9-19(30-2)10-6-17/h5-12,21,23H,4,13-16H2,1-3H3,(H,25,28)/t21-,23-/m0/s1. The lowest BCUT2D eigenvalue weighted by molar-refractivity contribution is -0.129. The summed E-state index contributed by atoms with van der Waals surface area (Å²) in [5.74, 6) is 1.01. The molecule has 1 heterocycles. The van der Waals surface area contributed by atoms with Crippen molar-refractivity contribution in [2.45, 2.75) is 25.3 Å². The van der Waals surface area contributed by atoms with Gasteiger partial charge < -0.3 is 24.4 Å². The molecule has 2 atom stereocenters. The third-order valence-electron chi connectivity index (χ3n) is 5.57. The molecule has 0 aromatic heterocycles. The Morgan fingerprint density at radius 1 is 1.00 bits per heavy atom. The predicted molar refractivity (Wildman–Crippen MR) is 118 cm³/mol. The Labute approximate surface area is 183 Å². The topological polar surface area (TPSA) is 77.1 Å². The van der Waals surface area contributed by atoms with Crippen molar-refractivity contribution in [3.8, 4) is 11.5 Å². The molecule has 0 aliphatic carbocycles. The first-order chi connectivity index (χ1) is 15.1. The minimum Gasteiger partial charge on any atom is -0.497 e. The number of ether oxygens (including phenoxy) is 3. The van der Waals surface area contributed by atoms with E-state index in [4.69, 9.17) is 14.2 Å². The summed E-state index contributed by atoms with van der Waals surface area (Å²) in [5, 5.41) is 3.01. The van der Waals surface area contributed by atoms with Crippen LogP contribution in [0.3, 0.4) is 0 Å². The molecule has 3 rings (SSSR count). The summed E-state index contributed by atoms with van der Waals surface area (Å²) in [6.07, 6.45) is 1.55. The van der Waals surface area contributed by atoms with Gasteiger partial charge in [0.1, 0.15) is 11.5 Å². The summed E-state index contributed by atoms with van der Waals surface area (Å²) in [5.41, 5.74) is 1.63. The number of piperidine rings is 1. The number of benzene rings is 2. The average Bonchev–Trinajstić information content (AvgIpc) is 2.81. The van der Waals surface area contributed by atoms with Gasteiger partial charge in [-0.2, -0.15) is 0 Å². The van der Waals surface area contributed by atoms with Crippen molar-refractivity contribution in [2.75, 3.05) is 39.4 Å². The van der Waals surface area contributed by atoms with Gasteiger partial charge in [-0.3, -0.25) is 9.59 Å². The Kier molecular flexibility index (Phi) is 7.89. The number of anilines is 1. The van der Waals surface area contributed by atoms with E-state index in [1.807, 2.05) is 48.5 Å². The monoisotopic (exact) mass is 426 g/mol. The largest absolute Gasteiger partial charge is 0.497 e. The first kappa shape index (κ1) is 22.6. The van der Waals surface area contributed by atoms with Crippen molar-refractivity contribution in [3.05, 3.63) is 54.1 Å². The molecule has 166 valence electrons. The zero-order chi connectivity index (χ0) is 22.2. The van der Waals surface area contributed by atoms with Crippen molar-refractivity contribution >= 4 is 17.5 Å². The summed E-state index contributed by atoms with van der Waals surface area (Å²) in [6.45, 7) is 1.12. The Hall–Kier alpha value is -3.06. The molecule has 0 radical (unpaired) electrons. The van der Waals surface area contributed by atoms with Gasteiger partial charge in [-0.1, -0.05) is 12.1 Å². The number of carbonyl (C=O) groups excluding carboxylic acids is 2. The molecule has 0 saturated carbocycles. The predicted octanol–water partition coefficient (Wildman–Crippen LogP) is 3.34. The molecular weight excluding hydrogens is 396 g/mol. The second-order valence-electron chi connectivity index (χ2n) is 7.46. The molecular formula is C24H30N2O5. The minimum atomic E-state index is -0.414. The van der Waals surface area contributed by atoms with Crippen LogP contribution < -0.4 is 19.7 Å². The van der Waals surface area contributed by atoms with Gasteiger partial charge in [0, 0.05) is 32.4 Å². The molecule has 1 aliphatic rings. The molecule has 2 aromatic carbocycles. The van der Waals surface area contributed by atoms with Crippen LogP contribution in [0.1, 0.15) is 30.9 Å². The van der Waals surface area contributed by atoms with Gasteiger partial charge in [-0.05, 0) is 54.8 Å². The van der Waals surface area contributed by atoms with Gasteiger partial charge in [-0.15, -0.1) is 0 Å². The third-order valence-corrected chi connectivity index (χ3v) is 5.57. The Balaban J connectivity index is 1.94. The summed E-state index contributed by atoms with van der Waals surface area (Å²) < 4.78 is 15.6. The van der Waals surface area contributed by atoms with Gasteiger partial charge in [0.25, 0.3) is 0 Å². The maximum absolute atomic E-state index is 13.1. The van der Waals surface area contributed by atoms with Crippen LogP contribution in [-0.4, -0.2) is 46.3 Å². The maximum Gasteiger partial charge on any atom is 0.227 e. The zero-order valence-electron chi connectivity index (χ0n) is 18.3. The fourth-order valence-corrected chi connectivity index (χ4v) is 3.96. The van der Waals surface area contributed by atoms with Crippen molar-refractivity contribution < 1.29 is 23.8 Å². The van der Waals surface area contributed by atoms with Gasteiger partial charge in [0.15, 0.2) is 0 Å². The number of hydrogen-bond donors (Lipinski definition) is 1. The van der Waals surface area contributed by atoms with Crippen LogP contribution in [0.2, 0.25) is 0 Å². The lowest BCUT2D eigenvalue weighted by atomic mass is 9.83. The van der Waals surface area contributed by atoms with E-state index in [0.29, 0.717) is 31.7 Å². The molecule has 0 unspecified atom stereocenters. The Morgan fingerprint density at radius 3 is 2.19 bits per heavy atom. The van der Waals surface area contributed by atoms with Crippen molar-refractivity contribution in [1.29, 1.82) is 0 Å². The number of rotatable bonds is 9. The van der Waals surface area contributed by atoms with E-state index in [1.54, 1.807) is 26.2 Å². The molecule has 7 nitrogen and oxygen atoms in total. The maximum atomic E-state index is 13.1. The molecule has 7 heteroatoms. The van der Waals surface area contributed by atoms with Crippen LogP contribution >= 0.6 is 0 Å². The van der Waals surface area contributed by atoms with Gasteiger partial charge in [0.2, 0.25) is 11.8 Å². The van der Waals surface area contributed by atoms with Crippen molar-refractivity contribution in [3.63, 3.8) is 0 Å². The summed E-state index contributed by atoms with van der Waals surface area (Å²) in [7, 11) is 4.85. The SMILES string of the molecule is COCCCNC(=O)[C@H]1CCC(=O)N(c2ccc(OC)cc2)[C@H]1c1ccc(OC)cc1. The van der Waals surface area contributed by atoms with E-state index >= 15 is 0 Å². The highest BCUT2D eigenvalue weighted by Crippen LogP contribution is 2.40. The van der Waals surface area contributed by atoms with Crippen LogP contribution in [0.15, 0.2) is 48.5 Å². The van der Waals surface area contributed by atoms with Gasteiger partial charge in [0.05, 0.1) is 26.2 Å². The fraction of sp³-hybridized carbons (Fsp3) is 0.417. The quantitative estimate of drug-likeness (QED) is 0.623. The number of nitrogens with one attached hydrogen (secondary N) is 1. The second-order valence-corrected chi connectivity index (χ2v) is 7.46. The van der Waals surface area contributed by atoms with Crippen molar-refractivity contribution in [2.24, 2.45) is 5.92 Å². The molecule has 2 aromatic rings. The highest BCUT2D eigenvalue weighted by molar-refractivity contribution is 5.97. The highest BCUT2D eigenvalue weighted by atomic mass is 16.5. The van der Waals surface area contributed by atoms with Crippen LogP contribution in [0.25, 0.3) is 0 Å². The third kappa shape index (κ3) is 5.35. The van der Waals surface area contributed by atoms with Crippen LogP contribution in [-0.2, 0) is 14.3 Å². The molecule has 0 spiro atoms.